The van der Waals surface area contributed by atoms with Crippen LogP contribution in [0.1, 0.15) is 24.8 Å². The number of carbonyl (C=O) groups excluding carboxylic acids is 1. The predicted molar refractivity (Wildman–Crippen MR) is 75.7 cm³/mol. The molecule has 2 aliphatic rings. The number of fused-ring (bicyclic) bond motifs is 1. The van der Waals surface area contributed by atoms with E-state index >= 15 is 0 Å². The van der Waals surface area contributed by atoms with Gasteiger partial charge in [0.25, 0.3) is 0 Å². The van der Waals surface area contributed by atoms with Gasteiger partial charge in [-0.25, -0.2) is 4.39 Å². The van der Waals surface area contributed by atoms with Crippen molar-refractivity contribution in [2.45, 2.75) is 31.7 Å². The smallest absolute Gasteiger partial charge is 0.237 e. The van der Waals surface area contributed by atoms with Gasteiger partial charge in [-0.15, -0.1) is 0 Å². The number of halogens is 1. The number of benzene rings is 1. The van der Waals surface area contributed by atoms with Gasteiger partial charge < -0.3 is 10.6 Å². The Bertz CT molecular complexity index is 491. The molecule has 0 aromatic heterocycles. The molecule has 1 saturated heterocycles. The van der Waals surface area contributed by atoms with Crippen molar-refractivity contribution in [1.29, 1.82) is 0 Å². The van der Waals surface area contributed by atoms with Crippen LogP contribution in [0.3, 0.4) is 0 Å². The summed E-state index contributed by atoms with van der Waals surface area (Å²) in [6, 6.07) is 6.69. The van der Waals surface area contributed by atoms with E-state index in [1.165, 1.54) is 18.9 Å². The van der Waals surface area contributed by atoms with E-state index in [9.17, 15) is 9.18 Å². The van der Waals surface area contributed by atoms with Gasteiger partial charge in [0.15, 0.2) is 0 Å². The first kappa shape index (κ1) is 13.6. The van der Waals surface area contributed by atoms with Crippen LogP contribution in [0.4, 0.5) is 4.39 Å². The molecule has 1 heterocycles. The normalized spacial score (nSPS) is 28.4. The molecule has 1 aliphatic carbocycles. The molecule has 0 bridgehead atoms. The molecular formula is C16H21FN2O. The van der Waals surface area contributed by atoms with Crippen molar-refractivity contribution >= 4 is 5.91 Å². The maximum Gasteiger partial charge on any atom is 0.237 e. The summed E-state index contributed by atoms with van der Waals surface area (Å²) in [6.07, 6.45) is 4.19. The molecule has 108 valence electrons. The maximum atomic E-state index is 13.5. The summed E-state index contributed by atoms with van der Waals surface area (Å²) >= 11 is 0. The summed E-state index contributed by atoms with van der Waals surface area (Å²) in [4.78, 5) is 12.2. The third-order valence-electron chi connectivity index (χ3n) is 4.68. The Labute approximate surface area is 118 Å². The minimum Gasteiger partial charge on any atom is -0.354 e. The molecule has 1 amide bonds. The van der Waals surface area contributed by atoms with Gasteiger partial charge in [0.05, 0.1) is 6.04 Å². The number of rotatable bonds is 4. The first-order valence-corrected chi connectivity index (χ1v) is 7.50. The zero-order valence-electron chi connectivity index (χ0n) is 11.6. The molecule has 1 saturated carbocycles. The van der Waals surface area contributed by atoms with Crippen LogP contribution < -0.4 is 10.6 Å². The Morgan fingerprint density at radius 1 is 1.35 bits per heavy atom. The third-order valence-corrected chi connectivity index (χ3v) is 4.68. The van der Waals surface area contributed by atoms with Crippen LogP contribution in [0, 0.1) is 17.7 Å². The Morgan fingerprint density at radius 3 is 3.05 bits per heavy atom. The van der Waals surface area contributed by atoms with E-state index in [-0.39, 0.29) is 17.8 Å². The highest BCUT2D eigenvalue weighted by atomic mass is 19.1. The summed E-state index contributed by atoms with van der Waals surface area (Å²) in [5, 5.41) is 6.28. The van der Waals surface area contributed by atoms with Crippen molar-refractivity contribution in [3.63, 3.8) is 0 Å². The lowest BCUT2D eigenvalue weighted by atomic mass is 9.93. The largest absolute Gasteiger partial charge is 0.354 e. The van der Waals surface area contributed by atoms with E-state index in [4.69, 9.17) is 0 Å². The standard InChI is InChI=1S/C16H21FN2O/c17-14-7-2-1-4-11(14)8-9-18-16(20)15-13-6-3-5-12(13)10-19-15/h1-2,4,7,12-13,15,19H,3,5-6,8-10H2,(H,18,20). The molecule has 4 heteroatoms. The summed E-state index contributed by atoms with van der Waals surface area (Å²) in [5.74, 6) is 1.06. The zero-order valence-corrected chi connectivity index (χ0v) is 11.6. The molecular weight excluding hydrogens is 255 g/mol. The van der Waals surface area contributed by atoms with Crippen LogP contribution in [0.15, 0.2) is 24.3 Å². The van der Waals surface area contributed by atoms with Crippen LogP contribution >= 0.6 is 0 Å². The summed E-state index contributed by atoms with van der Waals surface area (Å²) in [5.41, 5.74) is 0.658. The molecule has 3 atom stereocenters. The third kappa shape index (κ3) is 2.70. The highest BCUT2D eigenvalue weighted by Crippen LogP contribution is 2.37. The van der Waals surface area contributed by atoms with Crippen molar-refractivity contribution < 1.29 is 9.18 Å². The Balaban J connectivity index is 1.49. The van der Waals surface area contributed by atoms with Gasteiger partial charge in [0.2, 0.25) is 5.91 Å². The molecule has 3 unspecified atom stereocenters. The minimum absolute atomic E-state index is 0.0388. The van der Waals surface area contributed by atoms with E-state index in [0.717, 1.165) is 13.0 Å². The lowest BCUT2D eigenvalue weighted by Crippen LogP contribution is -2.44. The Hall–Kier alpha value is -1.42. The molecule has 2 N–H and O–H groups in total. The first-order valence-electron chi connectivity index (χ1n) is 7.50. The minimum atomic E-state index is -0.198. The molecule has 2 fully saturated rings. The number of carbonyl (C=O) groups is 1. The molecule has 1 aromatic carbocycles. The summed E-state index contributed by atoms with van der Waals surface area (Å²) < 4.78 is 13.5. The van der Waals surface area contributed by atoms with Crippen LogP contribution in [-0.4, -0.2) is 25.0 Å². The molecule has 1 aromatic rings. The van der Waals surface area contributed by atoms with E-state index in [0.29, 0.717) is 30.4 Å². The fraction of sp³-hybridized carbons (Fsp3) is 0.562. The van der Waals surface area contributed by atoms with Gasteiger partial charge in [-0.05, 0) is 49.3 Å². The van der Waals surface area contributed by atoms with Crippen molar-refractivity contribution in [3.05, 3.63) is 35.6 Å². The number of nitrogens with one attached hydrogen (secondary N) is 2. The lowest BCUT2D eigenvalue weighted by Gasteiger charge is -2.17. The Kier molecular flexibility index (Phi) is 4.01. The van der Waals surface area contributed by atoms with E-state index in [1.54, 1.807) is 12.1 Å². The van der Waals surface area contributed by atoms with Gasteiger partial charge in [0.1, 0.15) is 5.82 Å². The van der Waals surface area contributed by atoms with Gasteiger partial charge >= 0.3 is 0 Å². The average molecular weight is 276 g/mol. The van der Waals surface area contributed by atoms with Crippen molar-refractivity contribution in [2.75, 3.05) is 13.1 Å². The summed E-state index contributed by atoms with van der Waals surface area (Å²) in [7, 11) is 0. The van der Waals surface area contributed by atoms with Crippen LogP contribution in [-0.2, 0) is 11.2 Å². The van der Waals surface area contributed by atoms with Gasteiger partial charge in [-0.2, -0.15) is 0 Å². The average Bonchev–Trinajstić information content (AvgIpc) is 3.03. The van der Waals surface area contributed by atoms with Crippen LogP contribution in [0.25, 0.3) is 0 Å². The van der Waals surface area contributed by atoms with Crippen molar-refractivity contribution in [3.8, 4) is 0 Å². The van der Waals surface area contributed by atoms with E-state index in [1.807, 2.05) is 6.07 Å². The predicted octanol–water partition coefficient (Wildman–Crippen LogP) is 1.87. The molecule has 0 spiro atoms. The van der Waals surface area contributed by atoms with Gasteiger partial charge in [-0.1, -0.05) is 24.6 Å². The second kappa shape index (κ2) is 5.92. The maximum absolute atomic E-state index is 13.5. The SMILES string of the molecule is O=C(NCCc1ccccc1F)C1NCC2CCCC21. The monoisotopic (exact) mass is 276 g/mol. The van der Waals surface area contributed by atoms with Crippen LogP contribution in [0.5, 0.6) is 0 Å². The molecule has 0 radical (unpaired) electrons. The molecule has 3 nitrogen and oxygen atoms in total. The van der Waals surface area contributed by atoms with Crippen LogP contribution in [0.2, 0.25) is 0 Å². The molecule has 1 aliphatic heterocycles. The van der Waals surface area contributed by atoms with Crippen molar-refractivity contribution in [1.82, 2.24) is 10.6 Å². The topological polar surface area (TPSA) is 41.1 Å². The highest BCUT2D eigenvalue weighted by Gasteiger charge is 2.42. The fourth-order valence-electron chi connectivity index (χ4n) is 3.61. The summed E-state index contributed by atoms with van der Waals surface area (Å²) in [6.45, 7) is 1.46. The number of hydrogen-bond acceptors (Lipinski definition) is 2. The first-order chi connectivity index (χ1) is 9.75. The van der Waals surface area contributed by atoms with E-state index < -0.39 is 0 Å². The fourth-order valence-corrected chi connectivity index (χ4v) is 3.61. The quantitative estimate of drug-likeness (QED) is 0.881. The molecule has 20 heavy (non-hydrogen) atoms. The Morgan fingerprint density at radius 2 is 2.20 bits per heavy atom. The van der Waals surface area contributed by atoms with Gasteiger partial charge in [-0.3, -0.25) is 4.79 Å². The number of hydrogen-bond donors (Lipinski definition) is 2. The van der Waals surface area contributed by atoms with Crippen molar-refractivity contribution in [2.24, 2.45) is 11.8 Å². The number of amides is 1. The zero-order chi connectivity index (χ0) is 13.9. The van der Waals surface area contributed by atoms with E-state index in [2.05, 4.69) is 10.6 Å². The second-order valence-electron chi connectivity index (χ2n) is 5.87. The second-order valence-corrected chi connectivity index (χ2v) is 5.87. The molecule has 3 rings (SSSR count). The lowest BCUT2D eigenvalue weighted by molar-refractivity contribution is -0.123. The highest BCUT2D eigenvalue weighted by molar-refractivity contribution is 5.82. The van der Waals surface area contributed by atoms with Gasteiger partial charge in [0, 0.05) is 6.54 Å².